The summed E-state index contributed by atoms with van der Waals surface area (Å²) in [5.74, 6) is 1.27. The second-order valence-electron chi connectivity index (χ2n) is 5.14. The molecule has 1 saturated carbocycles. The first kappa shape index (κ1) is 14.2. The topological polar surface area (TPSA) is 12.0 Å². The summed E-state index contributed by atoms with van der Waals surface area (Å²) in [6, 6.07) is 6.02. The number of halogens is 2. The highest BCUT2D eigenvalue weighted by molar-refractivity contribution is 6.42. The fourth-order valence-corrected chi connectivity index (χ4v) is 3.41. The van der Waals surface area contributed by atoms with Gasteiger partial charge in [-0.3, -0.25) is 0 Å². The van der Waals surface area contributed by atoms with Crippen LogP contribution in [0.2, 0.25) is 10.0 Å². The van der Waals surface area contributed by atoms with E-state index in [1.54, 1.807) is 0 Å². The Labute approximate surface area is 120 Å². The Morgan fingerprint density at radius 1 is 1.28 bits per heavy atom. The molecule has 100 valence electrons. The van der Waals surface area contributed by atoms with Gasteiger partial charge in [-0.25, -0.2) is 0 Å². The van der Waals surface area contributed by atoms with Crippen molar-refractivity contribution in [2.75, 3.05) is 13.1 Å². The molecule has 18 heavy (non-hydrogen) atoms. The van der Waals surface area contributed by atoms with E-state index < -0.39 is 0 Å². The zero-order valence-electron chi connectivity index (χ0n) is 10.9. The lowest BCUT2D eigenvalue weighted by atomic mass is 9.89. The first-order valence-electron chi connectivity index (χ1n) is 6.88. The molecule has 0 radical (unpaired) electrons. The van der Waals surface area contributed by atoms with E-state index in [0.29, 0.717) is 16.9 Å². The third kappa shape index (κ3) is 3.20. The van der Waals surface area contributed by atoms with Gasteiger partial charge in [-0.2, -0.15) is 0 Å². The van der Waals surface area contributed by atoms with Crippen LogP contribution in [0.25, 0.3) is 0 Å². The van der Waals surface area contributed by atoms with E-state index in [1.165, 1.54) is 31.2 Å². The Hall–Kier alpha value is -0.240. The van der Waals surface area contributed by atoms with Crippen molar-refractivity contribution in [1.82, 2.24) is 5.32 Å². The van der Waals surface area contributed by atoms with Crippen molar-refractivity contribution in [2.45, 2.75) is 38.5 Å². The molecule has 1 aromatic carbocycles. The maximum absolute atomic E-state index is 6.35. The zero-order chi connectivity index (χ0) is 13.0. The van der Waals surface area contributed by atoms with E-state index in [9.17, 15) is 0 Å². The van der Waals surface area contributed by atoms with Gasteiger partial charge in [0.1, 0.15) is 0 Å². The Kier molecular flexibility index (Phi) is 5.35. The smallest absolute Gasteiger partial charge is 0.0627 e. The number of benzene rings is 1. The molecule has 0 heterocycles. The maximum Gasteiger partial charge on any atom is 0.0627 e. The van der Waals surface area contributed by atoms with E-state index >= 15 is 0 Å². The van der Waals surface area contributed by atoms with Gasteiger partial charge in [-0.05, 0) is 55.8 Å². The van der Waals surface area contributed by atoms with Crippen molar-refractivity contribution in [2.24, 2.45) is 5.92 Å². The minimum absolute atomic E-state index is 0.570. The van der Waals surface area contributed by atoms with Crippen LogP contribution in [0.1, 0.15) is 44.1 Å². The van der Waals surface area contributed by atoms with Crippen molar-refractivity contribution in [3.8, 4) is 0 Å². The van der Waals surface area contributed by atoms with E-state index in [1.807, 2.05) is 12.1 Å². The number of hydrogen-bond acceptors (Lipinski definition) is 1. The van der Waals surface area contributed by atoms with Gasteiger partial charge in [0.25, 0.3) is 0 Å². The van der Waals surface area contributed by atoms with Gasteiger partial charge in [0.05, 0.1) is 10.0 Å². The molecule has 0 spiro atoms. The van der Waals surface area contributed by atoms with E-state index in [-0.39, 0.29) is 0 Å². The lowest BCUT2D eigenvalue weighted by Crippen LogP contribution is -2.25. The largest absolute Gasteiger partial charge is 0.316 e. The second-order valence-corrected chi connectivity index (χ2v) is 5.93. The van der Waals surface area contributed by atoms with Crippen LogP contribution < -0.4 is 5.32 Å². The molecular formula is C15H21Cl2N. The van der Waals surface area contributed by atoms with Gasteiger partial charge >= 0.3 is 0 Å². The number of rotatable bonds is 5. The summed E-state index contributed by atoms with van der Waals surface area (Å²) in [6.07, 6.45) is 5.02. The molecule has 2 rings (SSSR count). The van der Waals surface area contributed by atoms with Gasteiger partial charge in [-0.1, -0.05) is 48.7 Å². The average molecular weight is 286 g/mol. The zero-order valence-corrected chi connectivity index (χ0v) is 12.4. The van der Waals surface area contributed by atoms with Crippen molar-refractivity contribution < 1.29 is 0 Å². The van der Waals surface area contributed by atoms with E-state index in [2.05, 4.69) is 18.3 Å². The number of hydrogen-bond donors (Lipinski definition) is 1. The van der Waals surface area contributed by atoms with Crippen LogP contribution in [0, 0.1) is 5.92 Å². The van der Waals surface area contributed by atoms with Crippen LogP contribution in [0.3, 0.4) is 0 Å². The fourth-order valence-electron chi connectivity index (χ4n) is 2.96. The average Bonchev–Trinajstić information content (AvgIpc) is 2.81. The molecule has 1 fully saturated rings. The van der Waals surface area contributed by atoms with Gasteiger partial charge in [-0.15, -0.1) is 0 Å². The highest BCUT2D eigenvalue weighted by Gasteiger charge is 2.29. The molecule has 3 heteroatoms. The molecule has 0 bridgehead atoms. The summed E-state index contributed by atoms with van der Waals surface area (Å²) in [7, 11) is 0. The van der Waals surface area contributed by atoms with Crippen LogP contribution >= 0.6 is 23.2 Å². The molecule has 0 aromatic heterocycles. The van der Waals surface area contributed by atoms with Gasteiger partial charge in [0, 0.05) is 0 Å². The molecule has 0 saturated heterocycles. The summed E-state index contributed by atoms with van der Waals surface area (Å²) >= 11 is 12.5. The molecule has 1 aliphatic carbocycles. The van der Waals surface area contributed by atoms with Crippen molar-refractivity contribution in [3.05, 3.63) is 33.8 Å². The summed E-state index contributed by atoms with van der Waals surface area (Å²) in [5.41, 5.74) is 1.24. The monoisotopic (exact) mass is 285 g/mol. The molecule has 0 aliphatic heterocycles. The highest BCUT2D eigenvalue weighted by Crippen LogP contribution is 2.43. The Balaban J connectivity index is 2.08. The van der Waals surface area contributed by atoms with Crippen molar-refractivity contribution >= 4 is 23.2 Å². The summed E-state index contributed by atoms with van der Waals surface area (Å²) in [6.45, 7) is 4.40. The highest BCUT2D eigenvalue weighted by atomic mass is 35.5. The molecule has 2 atom stereocenters. The molecule has 1 aliphatic rings. The van der Waals surface area contributed by atoms with Crippen molar-refractivity contribution in [1.29, 1.82) is 0 Å². The summed E-state index contributed by atoms with van der Waals surface area (Å²) < 4.78 is 0. The number of nitrogens with one attached hydrogen (secondary N) is 1. The quantitative estimate of drug-likeness (QED) is 0.761. The van der Waals surface area contributed by atoms with Gasteiger partial charge < -0.3 is 5.32 Å². The third-order valence-corrected chi connectivity index (χ3v) is 4.71. The molecule has 1 N–H and O–H groups in total. The fraction of sp³-hybridized carbons (Fsp3) is 0.600. The normalized spacial score (nSPS) is 23.5. The third-order valence-electron chi connectivity index (χ3n) is 3.87. The van der Waals surface area contributed by atoms with Gasteiger partial charge in [0.2, 0.25) is 0 Å². The maximum atomic E-state index is 6.35. The van der Waals surface area contributed by atoms with Crippen LogP contribution in [0.4, 0.5) is 0 Å². The van der Waals surface area contributed by atoms with Crippen LogP contribution in [-0.4, -0.2) is 13.1 Å². The predicted molar refractivity (Wildman–Crippen MR) is 79.7 cm³/mol. The van der Waals surface area contributed by atoms with Crippen LogP contribution in [-0.2, 0) is 0 Å². The van der Waals surface area contributed by atoms with Crippen LogP contribution in [0.5, 0.6) is 0 Å². The van der Waals surface area contributed by atoms with Crippen LogP contribution in [0.15, 0.2) is 18.2 Å². The summed E-state index contributed by atoms with van der Waals surface area (Å²) in [4.78, 5) is 0. The summed E-state index contributed by atoms with van der Waals surface area (Å²) in [5, 5.41) is 4.97. The minimum atomic E-state index is 0.570. The lowest BCUT2D eigenvalue weighted by Gasteiger charge is -2.22. The Morgan fingerprint density at radius 3 is 2.89 bits per heavy atom. The predicted octanol–water partition coefficient (Wildman–Crippen LogP) is 4.88. The standard InChI is InChI=1S/C15H21Cl2N/c1-2-9-18-10-11-5-3-6-12(11)13-7-4-8-14(16)15(13)17/h4,7-8,11-12,18H,2-3,5-6,9-10H2,1H3. The van der Waals surface area contributed by atoms with E-state index in [4.69, 9.17) is 23.2 Å². The Bertz CT molecular complexity index is 392. The van der Waals surface area contributed by atoms with Gasteiger partial charge in [0.15, 0.2) is 0 Å². The second kappa shape index (κ2) is 6.79. The molecule has 1 aromatic rings. The minimum Gasteiger partial charge on any atom is -0.316 e. The lowest BCUT2D eigenvalue weighted by molar-refractivity contribution is 0.444. The first-order valence-corrected chi connectivity index (χ1v) is 7.64. The molecule has 2 unspecified atom stereocenters. The van der Waals surface area contributed by atoms with E-state index in [0.717, 1.165) is 18.1 Å². The molecular weight excluding hydrogens is 265 g/mol. The Morgan fingerprint density at radius 2 is 2.11 bits per heavy atom. The molecule has 0 amide bonds. The molecule has 1 nitrogen and oxygen atoms in total. The van der Waals surface area contributed by atoms with Crippen molar-refractivity contribution in [3.63, 3.8) is 0 Å². The first-order chi connectivity index (χ1) is 8.74. The SMILES string of the molecule is CCCNCC1CCCC1c1cccc(Cl)c1Cl.